The number of nitrogens with one attached hydrogen (secondary N) is 1. The summed E-state index contributed by atoms with van der Waals surface area (Å²) in [6.45, 7) is 6.62. The number of ether oxygens (including phenoxy) is 1. The lowest BCUT2D eigenvalue weighted by atomic mass is 10.0. The molecule has 10 nitrogen and oxygen atoms in total. The highest BCUT2D eigenvalue weighted by Crippen LogP contribution is 2.41. The minimum absolute atomic E-state index is 0.107. The Balaban J connectivity index is 1.76. The van der Waals surface area contributed by atoms with Gasteiger partial charge in [0, 0.05) is 43.0 Å². The smallest absolute Gasteiger partial charge is 0.283 e. The van der Waals surface area contributed by atoms with Crippen LogP contribution in [0.2, 0.25) is 0 Å². The van der Waals surface area contributed by atoms with Crippen LogP contribution in [0.3, 0.4) is 0 Å². The molecule has 0 atom stereocenters. The molecule has 2 aromatic carbocycles. The van der Waals surface area contributed by atoms with E-state index in [4.69, 9.17) is 13.6 Å². The van der Waals surface area contributed by atoms with Crippen LogP contribution < -0.4 is 15.0 Å². The second-order valence-electron chi connectivity index (χ2n) is 9.13. The Bertz CT molecular complexity index is 1880. The van der Waals surface area contributed by atoms with Gasteiger partial charge >= 0.3 is 0 Å². The number of aryl methyl sites for hydroxylation is 4. The van der Waals surface area contributed by atoms with E-state index in [1.165, 1.54) is 29.7 Å². The van der Waals surface area contributed by atoms with Gasteiger partial charge in [0.2, 0.25) is 15.9 Å². The van der Waals surface area contributed by atoms with Crippen LogP contribution in [-0.4, -0.2) is 28.9 Å². The number of benzene rings is 2. The first kappa shape index (κ1) is 26.2. The molecule has 0 bridgehead atoms. The van der Waals surface area contributed by atoms with Crippen molar-refractivity contribution in [2.45, 2.75) is 27.7 Å². The molecule has 0 unspecified atom stereocenters. The quantitative estimate of drug-likeness (QED) is 0.282. The number of nitrogens with zero attached hydrogens (tertiary/aromatic N) is 3. The van der Waals surface area contributed by atoms with Gasteiger partial charge in [0.05, 0.1) is 11.1 Å². The minimum Gasteiger partial charge on any atom is -0.456 e. The van der Waals surface area contributed by atoms with Gasteiger partial charge in [0.25, 0.3) is 11.4 Å². The van der Waals surface area contributed by atoms with Crippen LogP contribution >= 0.6 is 0 Å². The largest absolute Gasteiger partial charge is 0.456 e. The number of hydrogen-bond donors (Lipinski definition) is 1. The van der Waals surface area contributed by atoms with Crippen LogP contribution in [-0.2, 0) is 17.1 Å². The zero-order valence-electron chi connectivity index (χ0n) is 21.8. The monoisotopic (exact) mass is 552 g/mol. The summed E-state index contributed by atoms with van der Waals surface area (Å²) in [5, 5.41) is 8.05. The van der Waals surface area contributed by atoms with E-state index in [1.54, 1.807) is 52.2 Å². The first-order valence-electron chi connectivity index (χ1n) is 12.0. The summed E-state index contributed by atoms with van der Waals surface area (Å²) in [5.41, 5.74) is 2.20. The highest BCUT2D eigenvalue weighted by Gasteiger charge is 2.22. The van der Waals surface area contributed by atoms with Gasteiger partial charge < -0.3 is 18.1 Å². The zero-order valence-corrected chi connectivity index (χ0v) is 22.6. The zero-order chi connectivity index (χ0) is 28.1. The van der Waals surface area contributed by atoms with Gasteiger partial charge in [-0.05, 0) is 62.2 Å². The molecule has 3 heterocycles. The van der Waals surface area contributed by atoms with E-state index < -0.39 is 10.0 Å². The van der Waals surface area contributed by atoms with Crippen molar-refractivity contribution in [3.05, 3.63) is 75.8 Å². The summed E-state index contributed by atoms with van der Waals surface area (Å²) in [5.74, 6) is 0.905. The molecule has 0 aliphatic rings. The molecule has 5 rings (SSSR count). The van der Waals surface area contributed by atoms with Crippen molar-refractivity contribution in [1.82, 2.24) is 14.8 Å². The second-order valence-corrected chi connectivity index (χ2v) is 11.1. The van der Waals surface area contributed by atoms with E-state index in [0.717, 1.165) is 0 Å². The van der Waals surface area contributed by atoms with E-state index in [1.807, 2.05) is 0 Å². The van der Waals surface area contributed by atoms with Gasteiger partial charge in [-0.1, -0.05) is 0 Å². The van der Waals surface area contributed by atoms with Gasteiger partial charge in [-0.3, -0.25) is 9.52 Å². The molecule has 0 radical (unpaired) electrons. The van der Waals surface area contributed by atoms with Gasteiger partial charge in [-0.15, -0.1) is 10.2 Å². The summed E-state index contributed by atoms with van der Waals surface area (Å²) in [4.78, 5) is 13.0. The SMILES string of the molecule is CCS(=O)(=O)Nc1ccc(Oc2c(C)cc(F)cc2C)c(-c2cn(C)c(=O)c3cc(-c4nnc(C)o4)oc23)c1. The highest BCUT2D eigenvalue weighted by atomic mass is 32.2. The fourth-order valence-corrected chi connectivity index (χ4v) is 4.89. The van der Waals surface area contributed by atoms with Crippen LogP contribution in [0.15, 0.2) is 56.2 Å². The van der Waals surface area contributed by atoms with E-state index >= 15 is 0 Å². The Hall–Kier alpha value is -4.45. The Morgan fingerprint density at radius 1 is 1.03 bits per heavy atom. The Labute approximate surface area is 223 Å². The first-order valence-corrected chi connectivity index (χ1v) is 13.6. The number of anilines is 1. The van der Waals surface area contributed by atoms with Gasteiger partial charge in [0.1, 0.15) is 22.9 Å². The standard InChI is InChI=1S/C27H25FN4O6S/c1-6-39(34,35)31-18-7-8-22(37-24-14(2)9-17(28)10-15(24)3)19(11-18)21-13-32(5)27(33)20-12-23(38-25(20)21)26-30-29-16(4)36-26/h7-13,31H,6H2,1-5H3. The number of sulfonamides is 1. The highest BCUT2D eigenvalue weighted by molar-refractivity contribution is 7.92. The molecular formula is C27H25FN4O6S. The molecule has 0 saturated carbocycles. The number of aromatic nitrogens is 3. The minimum atomic E-state index is -3.59. The van der Waals surface area contributed by atoms with Crippen molar-refractivity contribution < 1.29 is 26.4 Å². The summed E-state index contributed by atoms with van der Waals surface area (Å²) in [6.07, 6.45) is 1.57. The first-order chi connectivity index (χ1) is 18.5. The molecule has 12 heteroatoms. The van der Waals surface area contributed by atoms with Crippen molar-refractivity contribution in [2.75, 3.05) is 10.5 Å². The van der Waals surface area contributed by atoms with Crippen molar-refractivity contribution in [2.24, 2.45) is 7.05 Å². The lowest BCUT2D eigenvalue weighted by Gasteiger charge is -2.17. The number of fused-ring (bicyclic) bond motifs is 1. The molecule has 0 aliphatic carbocycles. The lowest BCUT2D eigenvalue weighted by molar-refractivity contribution is 0.474. The fourth-order valence-electron chi connectivity index (χ4n) is 4.26. The molecule has 0 amide bonds. The molecule has 5 aromatic rings. The number of furan rings is 1. The molecule has 3 aromatic heterocycles. The summed E-state index contributed by atoms with van der Waals surface area (Å²) in [7, 11) is -2.00. The van der Waals surface area contributed by atoms with Gasteiger partial charge in [0.15, 0.2) is 5.76 Å². The number of rotatable bonds is 7. The molecule has 202 valence electrons. The van der Waals surface area contributed by atoms with Crippen LogP contribution in [0.4, 0.5) is 10.1 Å². The predicted molar refractivity (Wildman–Crippen MR) is 144 cm³/mol. The maximum atomic E-state index is 14.0. The lowest BCUT2D eigenvalue weighted by Crippen LogP contribution is -2.16. The molecule has 0 saturated heterocycles. The molecule has 39 heavy (non-hydrogen) atoms. The van der Waals surface area contributed by atoms with Gasteiger partial charge in [-0.2, -0.15) is 0 Å². The maximum Gasteiger partial charge on any atom is 0.283 e. The molecular weight excluding hydrogens is 527 g/mol. The second kappa shape index (κ2) is 9.70. The third-order valence-corrected chi connectivity index (χ3v) is 7.45. The van der Waals surface area contributed by atoms with Crippen molar-refractivity contribution in [3.8, 4) is 34.3 Å². The average molecular weight is 553 g/mol. The third kappa shape index (κ3) is 5.02. The van der Waals surface area contributed by atoms with Gasteiger partial charge in [-0.25, -0.2) is 12.8 Å². The van der Waals surface area contributed by atoms with E-state index in [2.05, 4.69) is 14.9 Å². The predicted octanol–water partition coefficient (Wildman–Crippen LogP) is 5.47. The third-order valence-electron chi connectivity index (χ3n) is 6.15. The van der Waals surface area contributed by atoms with Crippen LogP contribution in [0, 0.1) is 26.6 Å². The number of pyridine rings is 1. The Morgan fingerprint density at radius 3 is 2.38 bits per heavy atom. The van der Waals surface area contributed by atoms with E-state index in [-0.39, 0.29) is 45.4 Å². The molecule has 0 spiro atoms. The van der Waals surface area contributed by atoms with Crippen LogP contribution in [0.5, 0.6) is 11.5 Å². The van der Waals surface area contributed by atoms with Crippen molar-refractivity contribution in [3.63, 3.8) is 0 Å². The molecule has 0 fully saturated rings. The van der Waals surface area contributed by atoms with Crippen molar-refractivity contribution in [1.29, 1.82) is 0 Å². The average Bonchev–Trinajstić information content (AvgIpc) is 3.51. The molecule has 1 N–H and O–H groups in total. The Morgan fingerprint density at radius 2 is 1.74 bits per heavy atom. The Kier molecular flexibility index (Phi) is 6.51. The fraction of sp³-hybridized carbons (Fsp3) is 0.222. The summed E-state index contributed by atoms with van der Waals surface area (Å²) in [6, 6.07) is 9.01. The number of halogens is 1. The van der Waals surface area contributed by atoms with E-state index in [0.29, 0.717) is 39.6 Å². The van der Waals surface area contributed by atoms with Crippen molar-refractivity contribution >= 4 is 26.7 Å². The van der Waals surface area contributed by atoms with Crippen LogP contribution in [0.1, 0.15) is 23.9 Å². The maximum absolute atomic E-state index is 14.0. The molecule has 0 aliphatic heterocycles. The number of hydrogen-bond acceptors (Lipinski definition) is 8. The summed E-state index contributed by atoms with van der Waals surface area (Å²) < 4.78 is 60.4. The van der Waals surface area contributed by atoms with E-state index in [9.17, 15) is 17.6 Å². The van der Waals surface area contributed by atoms with Crippen LogP contribution in [0.25, 0.3) is 33.7 Å². The summed E-state index contributed by atoms with van der Waals surface area (Å²) >= 11 is 0. The normalized spacial score (nSPS) is 11.7. The topological polar surface area (TPSA) is 129 Å².